The van der Waals surface area contributed by atoms with Crippen LogP contribution in [0.1, 0.15) is 12.8 Å². The second-order valence-electron chi connectivity index (χ2n) is 5.35. The van der Waals surface area contributed by atoms with Crippen molar-refractivity contribution in [3.05, 3.63) is 23.2 Å². The van der Waals surface area contributed by atoms with Crippen LogP contribution in [0.5, 0.6) is 0 Å². The molecule has 0 radical (unpaired) electrons. The van der Waals surface area contributed by atoms with Gasteiger partial charge in [0.05, 0.1) is 9.92 Å². The summed E-state index contributed by atoms with van der Waals surface area (Å²) in [5.74, 6) is 0. The minimum atomic E-state index is -3.93. The highest BCUT2D eigenvalue weighted by molar-refractivity contribution is 7.91. The molecule has 0 bridgehead atoms. The van der Waals surface area contributed by atoms with Gasteiger partial charge < -0.3 is 5.11 Å². The Morgan fingerprint density at radius 2 is 1.90 bits per heavy atom. The van der Waals surface area contributed by atoms with Crippen LogP contribution < -0.4 is 4.72 Å². The number of benzene rings is 1. The normalized spacial score (nSPS) is 17.7. The van der Waals surface area contributed by atoms with Crippen LogP contribution in [0.15, 0.2) is 28.0 Å². The average molecular weight is 354 g/mol. The highest BCUT2D eigenvalue weighted by Gasteiger charge is 2.42. The van der Waals surface area contributed by atoms with Crippen molar-refractivity contribution in [3.8, 4) is 0 Å². The standard InChI is InChI=1S/C12H16ClNO5S2/c1-20(16,17)9-2-3-10(13)11(6-9)21(18,19)14-7-12(8-15)4-5-12/h2-3,6,14-15H,4-5,7-8H2,1H3. The van der Waals surface area contributed by atoms with E-state index in [1.54, 1.807) is 0 Å². The van der Waals surface area contributed by atoms with Crippen molar-refractivity contribution >= 4 is 31.5 Å². The lowest BCUT2D eigenvalue weighted by Gasteiger charge is -2.14. The van der Waals surface area contributed by atoms with Crippen LogP contribution >= 0.6 is 11.6 Å². The number of rotatable bonds is 6. The maximum Gasteiger partial charge on any atom is 0.242 e. The monoisotopic (exact) mass is 353 g/mol. The second kappa shape index (κ2) is 5.51. The number of halogens is 1. The van der Waals surface area contributed by atoms with Gasteiger partial charge in [0.1, 0.15) is 4.90 Å². The third-order valence-electron chi connectivity index (χ3n) is 3.55. The lowest BCUT2D eigenvalue weighted by molar-refractivity contribution is 0.213. The minimum Gasteiger partial charge on any atom is -0.396 e. The Labute approximate surface area is 129 Å². The molecule has 1 fully saturated rings. The fraction of sp³-hybridized carbons (Fsp3) is 0.500. The number of sulfone groups is 1. The van der Waals surface area contributed by atoms with Crippen molar-refractivity contribution in [2.45, 2.75) is 22.6 Å². The van der Waals surface area contributed by atoms with E-state index in [1.807, 2.05) is 0 Å². The quantitative estimate of drug-likeness (QED) is 0.787. The number of hydrogen-bond acceptors (Lipinski definition) is 5. The molecule has 0 spiro atoms. The predicted octanol–water partition coefficient (Wildman–Crippen LogP) is 0.794. The molecule has 0 saturated heterocycles. The highest BCUT2D eigenvalue weighted by Crippen LogP contribution is 2.44. The van der Waals surface area contributed by atoms with Crippen LogP contribution in [0.2, 0.25) is 5.02 Å². The van der Waals surface area contributed by atoms with Crippen LogP contribution in [-0.4, -0.2) is 41.3 Å². The Balaban J connectivity index is 2.31. The van der Waals surface area contributed by atoms with Crippen molar-refractivity contribution in [2.24, 2.45) is 5.41 Å². The molecule has 0 atom stereocenters. The summed E-state index contributed by atoms with van der Waals surface area (Å²) in [4.78, 5) is -0.392. The molecule has 118 valence electrons. The van der Waals surface area contributed by atoms with E-state index in [-0.39, 0.29) is 28.0 Å². The Hall–Kier alpha value is -0.670. The number of sulfonamides is 1. The lowest BCUT2D eigenvalue weighted by Crippen LogP contribution is -2.32. The first-order valence-corrected chi connectivity index (χ1v) is 9.95. The molecule has 1 aliphatic carbocycles. The summed E-state index contributed by atoms with van der Waals surface area (Å²) >= 11 is 5.87. The third kappa shape index (κ3) is 3.75. The number of nitrogens with one attached hydrogen (secondary N) is 1. The maximum absolute atomic E-state index is 12.3. The molecule has 1 saturated carbocycles. The molecule has 0 amide bonds. The molecule has 1 aliphatic rings. The zero-order valence-electron chi connectivity index (χ0n) is 11.3. The van der Waals surface area contributed by atoms with Gasteiger partial charge in [-0.3, -0.25) is 0 Å². The van der Waals surface area contributed by atoms with Crippen molar-refractivity contribution in [3.63, 3.8) is 0 Å². The summed E-state index contributed by atoms with van der Waals surface area (Å²) in [5, 5.41) is 9.14. The van der Waals surface area contributed by atoms with Crippen molar-refractivity contribution in [1.82, 2.24) is 4.72 Å². The molecule has 2 N–H and O–H groups in total. The van der Waals surface area contributed by atoms with E-state index in [1.165, 1.54) is 12.1 Å². The van der Waals surface area contributed by atoms with Gasteiger partial charge in [-0.2, -0.15) is 0 Å². The lowest BCUT2D eigenvalue weighted by atomic mass is 10.1. The van der Waals surface area contributed by atoms with Gasteiger partial charge in [-0.1, -0.05) is 11.6 Å². The highest BCUT2D eigenvalue weighted by atomic mass is 35.5. The van der Waals surface area contributed by atoms with Gasteiger partial charge in [0, 0.05) is 24.8 Å². The van der Waals surface area contributed by atoms with E-state index >= 15 is 0 Å². The fourth-order valence-electron chi connectivity index (χ4n) is 1.81. The summed E-state index contributed by atoms with van der Waals surface area (Å²) in [7, 11) is -7.46. The molecule has 21 heavy (non-hydrogen) atoms. The van der Waals surface area contributed by atoms with E-state index < -0.39 is 25.3 Å². The second-order valence-corrected chi connectivity index (χ2v) is 9.51. The van der Waals surface area contributed by atoms with Crippen molar-refractivity contribution in [2.75, 3.05) is 19.4 Å². The number of aliphatic hydroxyl groups excluding tert-OH is 1. The first-order chi connectivity index (χ1) is 9.60. The smallest absolute Gasteiger partial charge is 0.242 e. The van der Waals surface area contributed by atoms with Crippen molar-refractivity contribution in [1.29, 1.82) is 0 Å². The zero-order chi connectivity index (χ0) is 15.9. The molecule has 2 rings (SSSR count). The van der Waals surface area contributed by atoms with Crippen LogP contribution in [0.4, 0.5) is 0 Å². The van der Waals surface area contributed by atoms with Crippen LogP contribution in [0.25, 0.3) is 0 Å². The molecule has 6 nitrogen and oxygen atoms in total. The molecule has 0 heterocycles. The Morgan fingerprint density at radius 3 is 2.38 bits per heavy atom. The molecule has 1 aromatic rings. The summed E-state index contributed by atoms with van der Waals surface area (Å²) in [5.41, 5.74) is -0.395. The molecule has 9 heteroatoms. The molecule has 0 aromatic heterocycles. The van der Waals surface area contributed by atoms with Gasteiger partial charge in [-0.15, -0.1) is 0 Å². The van der Waals surface area contributed by atoms with E-state index in [9.17, 15) is 21.9 Å². The summed E-state index contributed by atoms with van der Waals surface area (Å²) in [6.45, 7) is 0.0118. The van der Waals surface area contributed by atoms with Gasteiger partial charge in [0.2, 0.25) is 10.0 Å². The number of aliphatic hydroxyl groups is 1. The van der Waals surface area contributed by atoms with Gasteiger partial charge in [0.25, 0.3) is 0 Å². The van der Waals surface area contributed by atoms with Gasteiger partial charge >= 0.3 is 0 Å². The molecular weight excluding hydrogens is 338 g/mol. The summed E-state index contributed by atoms with van der Waals surface area (Å²) < 4.78 is 49.9. The van der Waals surface area contributed by atoms with Crippen molar-refractivity contribution < 1.29 is 21.9 Å². The largest absolute Gasteiger partial charge is 0.396 e. The van der Waals surface area contributed by atoms with E-state index in [0.29, 0.717) is 0 Å². The van der Waals surface area contributed by atoms with Crippen LogP contribution in [0, 0.1) is 5.41 Å². The minimum absolute atomic E-state index is 0.0521. The van der Waals surface area contributed by atoms with Crippen LogP contribution in [-0.2, 0) is 19.9 Å². The molecular formula is C12H16ClNO5S2. The van der Waals surface area contributed by atoms with Gasteiger partial charge in [-0.05, 0) is 31.0 Å². The zero-order valence-corrected chi connectivity index (χ0v) is 13.7. The fourth-order valence-corrected chi connectivity index (χ4v) is 4.22. The predicted molar refractivity (Wildman–Crippen MR) is 78.5 cm³/mol. The third-order valence-corrected chi connectivity index (χ3v) is 6.54. The maximum atomic E-state index is 12.3. The Morgan fingerprint density at radius 1 is 1.29 bits per heavy atom. The topological polar surface area (TPSA) is 101 Å². The summed E-state index contributed by atoms with van der Waals surface area (Å²) in [6, 6.07) is 3.54. The first-order valence-electron chi connectivity index (χ1n) is 6.20. The molecule has 1 aromatic carbocycles. The first kappa shape index (κ1) is 16.7. The Kier molecular flexibility index (Phi) is 4.38. The Bertz CT molecular complexity index is 754. The van der Waals surface area contributed by atoms with E-state index in [0.717, 1.165) is 25.2 Å². The number of hydrogen-bond donors (Lipinski definition) is 2. The van der Waals surface area contributed by atoms with Gasteiger partial charge in [0.15, 0.2) is 9.84 Å². The van der Waals surface area contributed by atoms with E-state index in [2.05, 4.69) is 4.72 Å². The molecule has 0 unspecified atom stereocenters. The van der Waals surface area contributed by atoms with E-state index in [4.69, 9.17) is 11.6 Å². The molecule has 0 aliphatic heterocycles. The SMILES string of the molecule is CS(=O)(=O)c1ccc(Cl)c(S(=O)(=O)NCC2(CO)CC2)c1. The van der Waals surface area contributed by atoms with Crippen LogP contribution in [0.3, 0.4) is 0 Å². The van der Waals surface area contributed by atoms with Gasteiger partial charge in [-0.25, -0.2) is 21.6 Å². The summed E-state index contributed by atoms with van der Waals surface area (Å²) in [6.07, 6.45) is 2.50. The average Bonchev–Trinajstić information content (AvgIpc) is 3.16.